The molecule has 0 saturated carbocycles. The maximum absolute atomic E-state index is 11.9. The fourth-order valence-electron chi connectivity index (χ4n) is 2.17. The Kier molecular flexibility index (Phi) is 5.37. The van der Waals surface area contributed by atoms with E-state index in [9.17, 15) is 4.79 Å². The third-order valence-corrected chi connectivity index (χ3v) is 3.60. The second-order valence-corrected chi connectivity index (χ2v) is 5.45. The van der Waals surface area contributed by atoms with E-state index >= 15 is 0 Å². The predicted molar refractivity (Wildman–Crippen MR) is 87.7 cm³/mol. The first kappa shape index (κ1) is 15.5. The molecule has 2 N–H and O–H groups in total. The number of hydrogen-bond donors (Lipinski definition) is 2. The number of halogens is 1. The zero-order valence-corrected chi connectivity index (χ0v) is 12.9. The van der Waals surface area contributed by atoms with E-state index < -0.39 is 0 Å². The number of benzene rings is 2. The molecule has 1 unspecified atom stereocenters. The molecule has 0 aliphatic rings. The summed E-state index contributed by atoms with van der Waals surface area (Å²) in [5, 5.41) is 6.72. The molecule has 0 spiro atoms. The summed E-state index contributed by atoms with van der Waals surface area (Å²) in [6.07, 6.45) is 0. The number of hydrogen-bond acceptors (Lipinski definition) is 2. The van der Waals surface area contributed by atoms with Gasteiger partial charge in [0.15, 0.2) is 0 Å². The van der Waals surface area contributed by atoms with Gasteiger partial charge in [-0.25, -0.2) is 0 Å². The Morgan fingerprint density at radius 2 is 1.81 bits per heavy atom. The van der Waals surface area contributed by atoms with E-state index in [1.54, 1.807) is 24.3 Å². The molecule has 0 aromatic heterocycles. The Hall–Kier alpha value is -1.84. The fraction of sp³-hybridized carbons (Fsp3) is 0.235. The first-order valence-corrected chi connectivity index (χ1v) is 7.28. The molecular formula is C17H19ClN2O. The summed E-state index contributed by atoms with van der Waals surface area (Å²) in [5.74, 6) is -0.0715. The molecule has 0 aliphatic heterocycles. The van der Waals surface area contributed by atoms with Crippen LogP contribution in [0.1, 0.15) is 24.1 Å². The van der Waals surface area contributed by atoms with Gasteiger partial charge in [0, 0.05) is 16.8 Å². The van der Waals surface area contributed by atoms with Gasteiger partial charge in [-0.3, -0.25) is 4.79 Å². The van der Waals surface area contributed by atoms with Crippen molar-refractivity contribution in [3.05, 3.63) is 64.7 Å². The van der Waals surface area contributed by atoms with Crippen molar-refractivity contribution in [3.63, 3.8) is 0 Å². The molecule has 0 fully saturated rings. The normalized spacial score (nSPS) is 12.0. The number of amides is 1. The van der Waals surface area contributed by atoms with Gasteiger partial charge >= 0.3 is 0 Å². The highest BCUT2D eigenvalue weighted by atomic mass is 35.5. The van der Waals surface area contributed by atoms with Crippen molar-refractivity contribution in [2.75, 3.05) is 11.9 Å². The maximum atomic E-state index is 11.9. The van der Waals surface area contributed by atoms with E-state index in [1.165, 1.54) is 11.1 Å². The predicted octanol–water partition coefficient (Wildman–Crippen LogP) is 3.94. The molecule has 0 heterocycles. The van der Waals surface area contributed by atoms with Crippen LogP contribution >= 0.6 is 11.6 Å². The van der Waals surface area contributed by atoms with Crippen molar-refractivity contribution in [2.24, 2.45) is 0 Å². The number of nitrogens with one attached hydrogen (secondary N) is 2. The lowest BCUT2D eigenvalue weighted by atomic mass is 10.0. The highest BCUT2D eigenvalue weighted by molar-refractivity contribution is 6.30. The molecule has 4 heteroatoms. The first-order chi connectivity index (χ1) is 10.1. The van der Waals surface area contributed by atoms with E-state index in [0.717, 1.165) is 5.69 Å². The molecule has 1 atom stereocenters. The van der Waals surface area contributed by atoms with Crippen molar-refractivity contribution < 1.29 is 4.79 Å². The SMILES string of the molecule is Cc1ccccc1C(C)NCC(=O)Nc1ccc(Cl)cc1. The minimum Gasteiger partial charge on any atom is -0.325 e. The number of carbonyl (C=O) groups excluding carboxylic acids is 1. The van der Waals surface area contributed by atoms with Gasteiger partial charge < -0.3 is 10.6 Å². The van der Waals surface area contributed by atoms with Gasteiger partial charge in [-0.2, -0.15) is 0 Å². The smallest absolute Gasteiger partial charge is 0.238 e. The van der Waals surface area contributed by atoms with Crippen molar-refractivity contribution in [1.82, 2.24) is 5.32 Å². The van der Waals surface area contributed by atoms with Crippen molar-refractivity contribution in [2.45, 2.75) is 19.9 Å². The summed E-state index contributed by atoms with van der Waals surface area (Å²) in [4.78, 5) is 11.9. The molecule has 2 rings (SSSR count). The molecule has 1 amide bonds. The van der Waals surface area contributed by atoms with Gasteiger partial charge in [0.1, 0.15) is 0 Å². The van der Waals surface area contributed by atoms with Crippen LogP contribution < -0.4 is 10.6 Å². The minimum atomic E-state index is -0.0715. The van der Waals surface area contributed by atoms with Crippen LogP contribution in [0, 0.1) is 6.92 Å². The zero-order valence-electron chi connectivity index (χ0n) is 12.2. The van der Waals surface area contributed by atoms with Gasteiger partial charge in [0.05, 0.1) is 6.54 Å². The Morgan fingerprint density at radius 3 is 2.48 bits per heavy atom. The third kappa shape index (κ3) is 4.59. The van der Waals surface area contributed by atoms with E-state index in [-0.39, 0.29) is 18.5 Å². The lowest BCUT2D eigenvalue weighted by molar-refractivity contribution is -0.115. The molecule has 0 bridgehead atoms. The molecular weight excluding hydrogens is 284 g/mol. The van der Waals surface area contributed by atoms with Crippen LogP contribution in [0.15, 0.2) is 48.5 Å². The van der Waals surface area contributed by atoms with Crippen molar-refractivity contribution >= 4 is 23.2 Å². The highest BCUT2D eigenvalue weighted by Crippen LogP contribution is 2.16. The Balaban J connectivity index is 1.86. The Labute approximate surface area is 130 Å². The second kappa shape index (κ2) is 7.25. The molecule has 110 valence electrons. The molecule has 2 aromatic rings. The largest absolute Gasteiger partial charge is 0.325 e. The van der Waals surface area contributed by atoms with Crippen LogP contribution in [0.4, 0.5) is 5.69 Å². The van der Waals surface area contributed by atoms with Crippen molar-refractivity contribution in [1.29, 1.82) is 0 Å². The maximum Gasteiger partial charge on any atom is 0.238 e. The van der Waals surface area contributed by atoms with Crippen LogP contribution in [0.5, 0.6) is 0 Å². The van der Waals surface area contributed by atoms with Crippen LogP contribution in [0.2, 0.25) is 5.02 Å². The summed E-state index contributed by atoms with van der Waals surface area (Å²) < 4.78 is 0. The summed E-state index contributed by atoms with van der Waals surface area (Å²) in [6, 6.07) is 15.4. The number of anilines is 1. The van der Waals surface area contributed by atoms with Gasteiger partial charge in [0.25, 0.3) is 0 Å². The zero-order chi connectivity index (χ0) is 15.2. The summed E-state index contributed by atoms with van der Waals surface area (Å²) in [5.41, 5.74) is 3.17. The van der Waals surface area contributed by atoms with Gasteiger partial charge in [-0.15, -0.1) is 0 Å². The topological polar surface area (TPSA) is 41.1 Å². The average molecular weight is 303 g/mol. The van der Waals surface area contributed by atoms with Gasteiger partial charge in [0.2, 0.25) is 5.91 Å². The lowest BCUT2D eigenvalue weighted by Gasteiger charge is -2.16. The molecule has 3 nitrogen and oxygen atoms in total. The molecule has 0 radical (unpaired) electrons. The van der Waals surface area contributed by atoms with E-state index in [4.69, 9.17) is 11.6 Å². The monoisotopic (exact) mass is 302 g/mol. The first-order valence-electron chi connectivity index (χ1n) is 6.90. The molecule has 0 aliphatic carbocycles. The van der Waals surface area contributed by atoms with E-state index in [0.29, 0.717) is 5.02 Å². The summed E-state index contributed by atoms with van der Waals surface area (Å²) in [7, 11) is 0. The Bertz CT molecular complexity index is 610. The fourth-order valence-corrected chi connectivity index (χ4v) is 2.29. The number of carbonyl (C=O) groups is 1. The molecule has 2 aromatic carbocycles. The number of aryl methyl sites for hydroxylation is 1. The van der Waals surface area contributed by atoms with Crippen LogP contribution in [0.25, 0.3) is 0 Å². The van der Waals surface area contributed by atoms with Crippen molar-refractivity contribution in [3.8, 4) is 0 Å². The lowest BCUT2D eigenvalue weighted by Crippen LogP contribution is -2.30. The Morgan fingerprint density at radius 1 is 1.14 bits per heavy atom. The van der Waals surface area contributed by atoms with Crippen LogP contribution in [-0.2, 0) is 4.79 Å². The van der Waals surface area contributed by atoms with E-state index in [1.807, 2.05) is 12.1 Å². The van der Waals surface area contributed by atoms with Crippen LogP contribution in [0.3, 0.4) is 0 Å². The van der Waals surface area contributed by atoms with Gasteiger partial charge in [-0.1, -0.05) is 35.9 Å². The molecule has 21 heavy (non-hydrogen) atoms. The quantitative estimate of drug-likeness (QED) is 0.878. The van der Waals surface area contributed by atoms with E-state index in [2.05, 4.69) is 36.6 Å². The van der Waals surface area contributed by atoms with Crippen LogP contribution in [-0.4, -0.2) is 12.5 Å². The average Bonchev–Trinajstić information content (AvgIpc) is 2.48. The number of rotatable bonds is 5. The highest BCUT2D eigenvalue weighted by Gasteiger charge is 2.09. The minimum absolute atomic E-state index is 0.0715. The summed E-state index contributed by atoms with van der Waals surface area (Å²) >= 11 is 5.81. The second-order valence-electron chi connectivity index (χ2n) is 5.01. The molecule has 0 saturated heterocycles. The third-order valence-electron chi connectivity index (χ3n) is 3.35. The van der Waals surface area contributed by atoms with Gasteiger partial charge in [-0.05, 0) is 49.2 Å². The standard InChI is InChI=1S/C17H19ClN2O/c1-12-5-3-4-6-16(12)13(2)19-11-17(21)20-15-9-7-14(18)8-10-15/h3-10,13,19H,11H2,1-2H3,(H,20,21). The summed E-state index contributed by atoms with van der Waals surface area (Å²) in [6.45, 7) is 4.39.